The first-order chi connectivity index (χ1) is 12.2. The normalized spacial score (nSPS) is 20.8. The quantitative estimate of drug-likeness (QED) is 0.932. The van der Waals surface area contributed by atoms with Crippen LogP contribution in [0, 0.1) is 17.2 Å². The van der Waals surface area contributed by atoms with Crippen molar-refractivity contribution in [3.05, 3.63) is 30.0 Å². The van der Waals surface area contributed by atoms with E-state index >= 15 is 0 Å². The Bertz CT molecular complexity index is 837. The van der Waals surface area contributed by atoms with Crippen LogP contribution >= 0.6 is 0 Å². The molecule has 6 heteroatoms. The third-order valence-corrected chi connectivity index (χ3v) is 5.26. The zero-order chi connectivity index (χ0) is 17.2. The molecule has 1 amide bonds. The van der Waals surface area contributed by atoms with Crippen LogP contribution in [0.25, 0.3) is 11.0 Å². The fraction of sp³-hybridized carbons (Fsp3) is 0.474. The largest absolute Gasteiger partial charge is 0.364 e. The average Bonchev–Trinajstić information content (AvgIpc) is 3.32. The maximum atomic E-state index is 12.6. The van der Waals surface area contributed by atoms with E-state index in [4.69, 9.17) is 0 Å². The zero-order valence-corrected chi connectivity index (χ0v) is 14.1. The Labute approximate surface area is 146 Å². The molecule has 1 saturated heterocycles. The standard InChI is InChI=1S/C19H21N5O/c20-11-15-10-14-6-3-8-21-17(14)23-18(15)22-16-7-9-24(12-16)19(25)13-4-1-2-5-13/h3,6,8,10,13,16H,1-2,4-5,7,9,12H2,(H,21,22,23). The van der Waals surface area contributed by atoms with Crippen molar-refractivity contribution in [2.75, 3.05) is 18.4 Å². The molecular weight excluding hydrogens is 314 g/mol. The first-order valence-corrected chi connectivity index (χ1v) is 8.96. The van der Waals surface area contributed by atoms with Gasteiger partial charge in [0.05, 0.1) is 5.56 Å². The van der Waals surface area contributed by atoms with Crippen molar-refractivity contribution in [2.45, 2.75) is 38.1 Å². The van der Waals surface area contributed by atoms with Crippen molar-refractivity contribution < 1.29 is 4.79 Å². The van der Waals surface area contributed by atoms with Gasteiger partial charge in [0.15, 0.2) is 5.65 Å². The van der Waals surface area contributed by atoms with E-state index in [2.05, 4.69) is 21.4 Å². The van der Waals surface area contributed by atoms with E-state index in [-0.39, 0.29) is 12.0 Å². The number of hydrogen-bond acceptors (Lipinski definition) is 5. The molecule has 1 N–H and O–H groups in total. The van der Waals surface area contributed by atoms with Gasteiger partial charge in [-0.2, -0.15) is 5.26 Å². The van der Waals surface area contributed by atoms with Crippen LogP contribution in [0.15, 0.2) is 24.4 Å². The second-order valence-corrected chi connectivity index (χ2v) is 6.94. The molecule has 0 spiro atoms. The molecular formula is C19H21N5O. The van der Waals surface area contributed by atoms with Gasteiger partial charge in [0.2, 0.25) is 5.91 Å². The lowest BCUT2D eigenvalue weighted by Crippen LogP contribution is -2.35. The minimum Gasteiger partial charge on any atom is -0.364 e. The molecule has 25 heavy (non-hydrogen) atoms. The molecule has 2 aromatic heterocycles. The van der Waals surface area contributed by atoms with Crippen LogP contribution in [-0.2, 0) is 4.79 Å². The fourth-order valence-corrected chi connectivity index (χ4v) is 3.90. The number of carbonyl (C=O) groups excluding carboxylic acids is 1. The first-order valence-electron chi connectivity index (χ1n) is 8.96. The van der Waals surface area contributed by atoms with Crippen molar-refractivity contribution in [3.63, 3.8) is 0 Å². The number of aromatic nitrogens is 2. The minimum atomic E-state index is 0.131. The summed E-state index contributed by atoms with van der Waals surface area (Å²) in [5.74, 6) is 1.08. The lowest BCUT2D eigenvalue weighted by molar-refractivity contribution is -0.134. The number of amides is 1. The number of carbonyl (C=O) groups is 1. The van der Waals surface area contributed by atoms with Crippen molar-refractivity contribution in [2.24, 2.45) is 5.92 Å². The number of fused-ring (bicyclic) bond motifs is 1. The molecule has 1 aliphatic carbocycles. The van der Waals surface area contributed by atoms with Gasteiger partial charge in [-0.3, -0.25) is 4.79 Å². The highest BCUT2D eigenvalue weighted by molar-refractivity contribution is 5.80. The summed E-state index contributed by atoms with van der Waals surface area (Å²) in [6, 6.07) is 7.89. The summed E-state index contributed by atoms with van der Waals surface area (Å²) in [5.41, 5.74) is 1.14. The summed E-state index contributed by atoms with van der Waals surface area (Å²) in [6.45, 7) is 1.46. The van der Waals surface area contributed by atoms with Gasteiger partial charge in [-0.15, -0.1) is 0 Å². The summed E-state index contributed by atoms with van der Waals surface area (Å²) in [5, 5.41) is 13.6. The number of likely N-dealkylation sites (tertiary alicyclic amines) is 1. The molecule has 128 valence electrons. The Kier molecular flexibility index (Phi) is 4.22. The molecule has 2 aromatic rings. The second kappa shape index (κ2) is 6.67. The summed E-state index contributed by atoms with van der Waals surface area (Å²) >= 11 is 0. The molecule has 0 aromatic carbocycles. The van der Waals surface area contributed by atoms with Gasteiger partial charge in [-0.1, -0.05) is 12.8 Å². The molecule has 2 fully saturated rings. The monoisotopic (exact) mass is 335 g/mol. The van der Waals surface area contributed by atoms with E-state index in [0.29, 0.717) is 29.5 Å². The summed E-state index contributed by atoms with van der Waals surface area (Å²) in [4.78, 5) is 23.3. The van der Waals surface area contributed by atoms with Crippen molar-refractivity contribution in [3.8, 4) is 6.07 Å². The third kappa shape index (κ3) is 3.14. The van der Waals surface area contributed by atoms with Crippen LogP contribution in [0.2, 0.25) is 0 Å². The van der Waals surface area contributed by atoms with E-state index in [1.165, 1.54) is 12.8 Å². The number of nitrogens with one attached hydrogen (secondary N) is 1. The second-order valence-electron chi connectivity index (χ2n) is 6.94. The number of nitriles is 1. The highest BCUT2D eigenvalue weighted by Gasteiger charge is 2.32. The number of anilines is 1. The first kappa shape index (κ1) is 15.8. The predicted octanol–water partition coefficient (Wildman–Crippen LogP) is 2.70. The number of nitrogens with zero attached hydrogens (tertiary/aromatic N) is 4. The zero-order valence-electron chi connectivity index (χ0n) is 14.1. The molecule has 1 atom stereocenters. The van der Waals surface area contributed by atoms with Crippen LogP contribution in [0.1, 0.15) is 37.7 Å². The van der Waals surface area contributed by atoms with Crippen molar-refractivity contribution in [1.82, 2.24) is 14.9 Å². The maximum absolute atomic E-state index is 12.6. The Morgan fingerprint density at radius 3 is 2.96 bits per heavy atom. The molecule has 3 heterocycles. The average molecular weight is 335 g/mol. The summed E-state index contributed by atoms with van der Waals surface area (Å²) in [7, 11) is 0. The third-order valence-electron chi connectivity index (χ3n) is 5.26. The van der Waals surface area contributed by atoms with Crippen LogP contribution in [0.4, 0.5) is 5.82 Å². The van der Waals surface area contributed by atoms with E-state index in [9.17, 15) is 10.1 Å². The maximum Gasteiger partial charge on any atom is 0.225 e. The number of pyridine rings is 2. The van der Waals surface area contributed by atoms with Gasteiger partial charge in [0, 0.05) is 36.6 Å². The highest BCUT2D eigenvalue weighted by Crippen LogP contribution is 2.28. The SMILES string of the molecule is N#Cc1cc2cccnc2nc1NC1CCN(C(=O)C2CCCC2)C1. The molecule has 4 rings (SSSR count). The molecule has 2 aliphatic rings. The Balaban J connectivity index is 1.48. The van der Waals surface area contributed by atoms with Gasteiger partial charge < -0.3 is 10.2 Å². The molecule has 1 saturated carbocycles. The Hall–Kier alpha value is -2.68. The molecule has 6 nitrogen and oxygen atoms in total. The Morgan fingerprint density at radius 1 is 1.32 bits per heavy atom. The molecule has 1 aliphatic heterocycles. The molecule has 0 radical (unpaired) electrons. The van der Waals surface area contributed by atoms with Gasteiger partial charge in [-0.25, -0.2) is 9.97 Å². The smallest absolute Gasteiger partial charge is 0.225 e. The summed E-state index contributed by atoms with van der Waals surface area (Å²) < 4.78 is 0. The van der Waals surface area contributed by atoms with E-state index in [0.717, 1.165) is 31.2 Å². The van der Waals surface area contributed by atoms with E-state index < -0.39 is 0 Å². The van der Waals surface area contributed by atoms with Crippen molar-refractivity contribution in [1.29, 1.82) is 5.26 Å². The van der Waals surface area contributed by atoms with Crippen LogP contribution in [-0.4, -0.2) is 39.9 Å². The van der Waals surface area contributed by atoms with Gasteiger partial charge in [0.25, 0.3) is 0 Å². The van der Waals surface area contributed by atoms with Crippen LogP contribution in [0.5, 0.6) is 0 Å². The van der Waals surface area contributed by atoms with Gasteiger partial charge in [-0.05, 0) is 37.5 Å². The minimum absolute atomic E-state index is 0.131. The molecule has 1 unspecified atom stereocenters. The lowest BCUT2D eigenvalue weighted by Gasteiger charge is -2.21. The van der Waals surface area contributed by atoms with E-state index in [1.807, 2.05) is 23.1 Å². The lowest BCUT2D eigenvalue weighted by atomic mass is 10.1. The Morgan fingerprint density at radius 2 is 2.16 bits per heavy atom. The topological polar surface area (TPSA) is 81.9 Å². The summed E-state index contributed by atoms with van der Waals surface area (Å²) in [6.07, 6.45) is 6.98. The molecule has 0 bridgehead atoms. The van der Waals surface area contributed by atoms with E-state index in [1.54, 1.807) is 6.20 Å². The number of rotatable bonds is 3. The highest BCUT2D eigenvalue weighted by atomic mass is 16.2. The van der Waals surface area contributed by atoms with Gasteiger partial charge >= 0.3 is 0 Å². The van der Waals surface area contributed by atoms with Crippen LogP contribution in [0.3, 0.4) is 0 Å². The van der Waals surface area contributed by atoms with Gasteiger partial charge in [0.1, 0.15) is 11.9 Å². The van der Waals surface area contributed by atoms with Crippen LogP contribution < -0.4 is 5.32 Å². The van der Waals surface area contributed by atoms with Crippen molar-refractivity contribution >= 4 is 22.8 Å². The number of hydrogen-bond donors (Lipinski definition) is 1. The predicted molar refractivity (Wildman–Crippen MR) is 94.8 cm³/mol. The fourth-order valence-electron chi connectivity index (χ4n) is 3.90.